The summed E-state index contributed by atoms with van der Waals surface area (Å²) in [6, 6.07) is 0. The lowest BCUT2D eigenvalue weighted by Crippen LogP contribution is -2.57. The zero-order valence-electron chi connectivity index (χ0n) is 20.2. The highest BCUT2D eigenvalue weighted by molar-refractivity contribution is 5.83. The molecule has 3 heteroatoms. The molecule has 4 aliphatic rings. The predicted molar refractivity (Wildman–Crippen MR) is 121 cm³/mol. The second kappa shape index (κ2) is 7.58. The molecule has 0 radical (unpaired) electrons. The van der Waals surface area contributed by atoms with E-state index in [1.54, 1.807) is 0 Å². The summed E-state index contributed by atoms with van der Waals surface area (Å²) in [7, 11) is 0. The Kier molecular flexibility index (Phi) is 5.75. The maximum Gasteiger partial charge on any atom is 0.136 e. The molecule has 4 rings (SSSR count). The molecule has 172 valence electrons. The number of hydrogen-bond donors (Lipinski definition) is 2. The van der Waals surface area contributed by atoms with Crippen molar-refractivity contribution < 1.29 is 15.0 Å². The third kappa shape index (κ3) is 3.70. The average Bonchev–Trinajstić information content (AvgIpc) is 2.99. The lowest BCUT2D eigenvalue weighted by atomic mass is 9.44. The van der Waals surface area contributed by atoms with Crippen molar-refractivity contribution in [1.29, 1.82) is 0 Å². The number of hydrogen-bond acceptors (Lipinski definition) is 3. The molecule has 0 heterocycles. The molecule has 4 aliphatic carbocycles. The van der Waals surface area contributed by atoms with Crippen molar-refractivity contribution >= 4 is 5.78 Å². The Hall–Kier alpha value is -0.410. The van der Waals surface area contributed by atoms with Gasteiger partial charge in [0.15, 0.2) is 0 Å². The second-order valence-electron chi connectivity index (χ2n) is 13.0. The molecular formula is C27H46O3. The van der Waals surface area contributed by atoms with E-state index >= 15 is 0 Å². The first-order valence-corrected chi connectivity index (χ1v) is 12.9. The van der Waals surface area contributed by atoms with Gasteiger partial charge in [0.25, 0.3) is 0 Å². The molecule has 0 saturated heterocycles. The van der Waals surface area contributed by atoms with Crippen LogP contribution in [0.15, 0.2) is 0 Å². The van der Waals surface area contributed by atoms with Crippen LogP contribution in [0.5, 0.6) is 0 Å². The molecule has 8 unspecified atom stereocenters. The van der Waals surface area contributed by atoms with Crippen LogP contribution < -0.4 is 0 Å². The van der Waals surface area contributed by atoms with Gasteiger partial charge in [0.05, 0.1) is 11.2 Å². The monoisotopic (exact) mass is 418 g/mol. The van der Waals surface area contributed by atoms with Crippen molar-refractivity contribution in [2.45, 2.75) is 123 Å². The summed E-state index contributed by atoms with van der Waals surface area (Å²) in [6.45, 7) is 10.7. The van der Waals surface area contributed by atoms with E-state index in [0.29, 0.717) is 35.4 Å². The Morgan fingerprint density at radius 1 is 0.900 bits per heavy atom. The van der Waals surface area contributed by atoms with Crippen LogP contribution in [0.3, 0.4) is 0 Å². The Balaban J connectivity index is 1.52. The van der Waals surface area contributed by atoms with Gasteiger partial charge in [-0.25, -0.2) is 0 Å². The topological polar surface area (TPSA) is 57.5 Å². The fraction of sp³-hybridized carbons (Fsp3) is 0.963. The number of fused-ring (bicyclic) bond motifs is 5. The fourth-order valence-corrected chi connectivity index (χ4v) is 9.17. The van der Waals surface area contributed by atoms with E-state index in [1.807, 2.05) is 20.8 Å². The molecule has 0 amide bonds. The maximum atomic E-state index is 13.2. The minimum absolute atomic E-state index is 0.150. The minimum Gasteiger partial charge on any atom is -0.390 e. The number of carbonyl (C=O) groups is 1. The lowest BCUT2D eigenvalue weighted by Gasteiger charge is -2.60. The molecule has 0 bridgehead atoms. The molecule has 0 aromatic rings. The first kappa shape index (κ1) is 22.8. The van der Waals surface area contributed by atoms with Crippen LogP contribution >= 0.6 is 0 Å². The van der Waals surface area contributed by atoms with Crippen LogP contribution in [0.4, 0.5) is 0 Å². The first-order valence-electron chi connectivity index (χ1n) is 12.9. The van der Waals surface area contributed by atoms with E-state index in [9.17, 15) is 15.0 Å². The van der Waals surface area contributed by atoms with Crippen LogP contribution in [0, 0.1) is 40.4 Å². The van der Waals surface area contributed by atoms with Crippen molar-refractivity contribution in [2.24, 2.45) is 40.4 Å². The van der Waals surface area contributed by atoms with E-state index < -0.39 is 11.2 Å². The van der Waals surface area contributed by atoms with Crippen molar-refractivity contribution in [2.75, 3.05) is 0 Å². The Bertz CT molecular complexity index is 662. The average molecular weight is 419 g/mol. The number of aliphatic hydroxyl groups is 2. The molecule has 30 heavy (non-hydrogen) atoms. The van der Waals surface area contributed by atoms with E-state index in [1.165, 1.54) is 38.5 Å². The number of Topliss-reactive ketones (excluding diaryl/α,β-unsaturated/α-hetero) is 1. The summed E-state index contributed by atoms with van der Waals surface area (Å²) in [4.78, 5) is 13.2. The van der Waals surface area contributed by atoms with E-state index in [-0.39, 0.29) is 10.8 Å². The second-order valence-corrected chi connectivity index (χ2v) is 13.0. The van der Waals surface area contributed by atoms with Gasteiger partial charge in [-0.05, 0) is 113 Å². The summed E-state index contributed by atoms with van der Waals surface area (Å²) in [5, 5.41) is 21.6. The standard InChI is InChI=1S/C27H46O3/c1-24(2,29)13-8-15-27(5,30)23-11-10-19-18-17-22(28)21-9-6-7-14-25(21,3)20(18)12-16-26(19,23)4/h18-21,23,29-30H,6-17H2,1-5H3. The van der Waals surface area contributed by atoms with Crippen LogP contribution in [-0.4, -0.2) is 27.2 Å². The molecular weight excluding hydrogens is 372 g/mol. The molecule has 0 aliphatic heterocycles. The van der Waals surface area contributed by atoms with Crippen molar-refractivity contribution in [3.8, 4) is 0 Å². The Labute approximate surface area is 184 Å². The minimum atomic E-state index is -0.683. The lowest BCUT2D eigenvalue weighted by molar-refractivity contribution is -0.158. The molecule has 0 aromatic heterocycles. The highest BCUT2D eigenvalue weighted by atomic mass is 16.3. The summed E-state index contributed by atoms with van der Waals surface area (Å²) in [5.41, 5.74) is -0.966. The Morgan fingerprint density at radius 2 is 1.60 bits per heavy atom. The maximum absolute atomic E-state index is 13.2. The van der Waals surface area contributed by atoms with Gasteiger partial charge in [0, 0.05) is 12.3 Å². The predicted octanol–water partition coefficient (Wildman–Crippen LogP) is 5.91. The number of ketones is 1. The molecule has 2 N–H and O–H groups in total. The SMILES string of the molecule is CC(C)(O)CCCC(C)(O)C1CCC2C3CC(=O)C4CCCCC4(C)C3CCC21C. The summed E-state index contributed by atoms with van der Waals surface area (Å²) in [6.07, 6.45) is 12.8. The van der Waals surface area contributed by atoms with Gasteiger partial charge < -0.3 is 10.2 Å². The number of carbonyl (C=O) groups excluding carboxylic acids is 1. The normalized spacial score (nSPS) is 46.0. The fourth-order valence-electron chi connectivity index (χ4n) is 9.17. The molecule has 0 aromatic carbocycles. The van der Waals surface area contributed by atoms with Crippen molar-refractivity contribution in [3.05, 3.63) is 0 Å². The largest absolute Gasteiger partial charge is 0.390 e. The molecule has 4 fully saturated rings. The number of rotatable bonds is 5. The van der Waals surface area contributed by atoms with E-state index in [0.717, 1.165) is 38.5 Å². The third-order valence-electron chi connectivity index (χ3n) is 10.6. The summed E-state index contributed by atoms with van der Waals surface area (Å²) < 4.78 is 0. The van der Waals surface area contributed by atoms with Gasteiger partial charge in [-0.2, -0.15) is 0 Å². The summed E-state index contributed by atoms with van der Waals surface area (Å²) >= 11 is 0. The quantitative estimate of drug-likeness (QED) is 0.584. The van der Waals surface area contributed by atoms with Crippen LogP contribution in [0.1, 0.15) is 112 Å². The molecule has 3 nitrogen and oxygen atoms in total. The van der Waals surface area contributed by atoms with Crippen LogP contribution in [0.25, 0.3) is 0 Å². The summed E-state index contributed by atoms with van der Waals surface area (Å²) in [5.74, 6) is 3.02. The van der Waals surface area contributed by atoms with Gasteiger partial charge in [-0.3, -0.25) is 4.79 Å². The van der Waals surface area contributed by atoms with Gasteiger partial charge in [-0.15, -0.1) is 0 Å². The van der Waals surface area contributed by atoms with Gasteiger partial charge >= 0.3 is 0 Å². The van der Waals surface area contributed by atoms with E-state index in [2.05, 4.69) is 13.8 Å². The zero-order valence-corrected chi connectivity index (χ0v) is 20.2. The third-order valence-corrected chi connectivity index (χ3v) is 10.6. The molecule has 4 saturated carbocycles. The van der Waals surface area contributed by atoms with Gasteiger partial charge in [-0.1, -0.05) is 26.7 Å². The smallest absolute Gasteiger partial charge is 0.136 e. The van der Waals surface area contributed by atoms with Gasteiger partial charge in [0.1, 0.15) is 5.78 Å². The van der Waals surface area contributed by atoms with E-state index in [4.69, 9.17) is 0 Å². The zero-order chi connectivity index (χ0) is 21.9. The van der Waals surface area contributed by atoms with Crippen molar-refractivity contribution in [3.63, 3.8) is 0 Å². The molecule has 8 atom stereocenters. The molecule has 0 spiro atoms. The van der Waals surface area contributed by atoms with Gasteiger partial charge in [0.2, 0.25) is 0 Å². The van der Waals surface area contributed by atoms with Crippen molar-refractivity contribution in [1.82, 2.24) is 0 Å². The Morgan fingerprint density at radius 3 is 2.30 bits per heavy atom. The first-order chi connectivity index (χ1) is 13.9. The highest BCUT2D eigenvalue weighted by Gasteiger charge is 2.63. The van der Waals surface area contributed by atoms with Crippen LogP contribution in [0.2, 0.25) is 0 Å². The van der Waals surface area contributed by atoms with Crippen LogP contribution in [-0.2, 0) is 4.79 Å². The highest BCUT2D eigenvalue weighted by Crippen LogP contribution is 2.68.